The number of benzene rings is 2. The molecule has 0 saturated heterocycles. The van der Waals surface area contributed by atoms with Crippen LogP contribution < -0.4 is 16.6 Å². The molecule has 11 nitrogen and oxygen atoms in total. The minimum atomic E-state index is -0.681. The minimum absolute atomic E-state index is 0.0701. The van der Waals surface area contributed by atoms with Gasteiger partial charge in [0.15, 0.2) is 5.82 Å². The van der Waals surface area contributed by atoms with Crippen LogP contribution in [0.15, 0.2) is 84.2 Å². The van der Waals surface area contributed by atoms with Crippen molar-refractivity contribution in [1.29, 1.82) is 0 Å². The van der Waals surface area contributed by atoms with Gasteiger partial charge in [-0.05, 0) is 43.2 Å². The van der Waals surface area contributed by atoms with Crippen LogP contribution in [0.3, 0.4) is 0 Å². The smallest absolute Gasteiger partial charge is 0.267 e. The summed E-state index contributed by atoms with van der Waals surface area (Å²) in [6.07, 6.45) is 6.48. The van der Waals surface area contributed by atoms with Crippen LogP contribution in [0.25, 0.3) is 22.1 Å². The zero-order valence-electron chi connectivity index (χ0n) is 21.6. The fourth-order valence-corrected chi connectivity index (χ4v) is 4.57. The van der Waals surface area contributed by atoms with Crippen LogP contribution in [0.1, 0.15) is 40.4 Å². The molecule has 4 heterocycles. The van der Waals surface area contributed by atoms with Gasteiger partial charge >= 0.3 is 0 Å². The number of aromatic nitrogens is 7. The van der Waals surface area contributed by atoms with Gasteiger partial charge in [0, 0.05) is 31.2 Å². The summed E-state index contributed by atoms with van der Waals surface area (Å²) in [5, 5.41) is 11.8. The van der Waals surface area contributed by atoms with Crippen molar-refractivity contribution in [1.82, 2.24) is 39.2 Å². The average molecular weight is 530 g/mol. The molecule has 0 radical (unpaired) electrons. The molecular formula is C29H23N9O2. The number of nitrogens with zero attached hydrogens (tertiary/aromatic N) is 7. The van der Waals surface area contributed by atoms with Crippen LogP contribution in [0.4, 0.5) is 5.82 Å². The molecule has 0 spiro atoms. The molecule has 6 rings (SSSR count). The first-order valence-electron chi connectivity index (χ1n) is 12.4. The van der Waals surface area contributed by atoms with Crippen molar-refractivity contribution in [2.24, 2.45) is 7.05 Å². The van der Waals surface area contributed by atoms with Gasteiger partial charge in [0.25, 0.3) is 11.5 Å². The number of rotatable bonds is 4. The molecule has 0 fully saturated rings. The molecule has 0 aliphatic rings. The summed E-state index contributed by atoms with van der Waals surface area (Å²) in [4.78, 5) is 36.4. The molecule has 0 aliphatic carbocycles. The highest BCUT2D eigenvalue weighted by atomic mass is 16.2. The van der Waals surface area contributed by atoms with Crippen molar-refractivity contribution >= 4 is 28.1 Å². The molecule has 0 aliphatic heterocycles. The van der Waals surface area contributed by atoms with Crippen LogP contribution in [-0.4, -0.2) is 39.8 Å². The summed E-state index contributed by atoms with van der Waals surface area (Å²) in [6, 6.07) is 15.6. The first kappa shape index (κ1) is 24.6. The lowest BCUT2D eigenvalue weighted by atomic mass is 10.1. The number of nitrogen functional groups attached to an aromatic ring is 1. The van der Waals surface area contributed by atoms with Gasteiger partial charge in [0.2, 0.25) is 0 Å². The van der Waals surface area contributed by atoms with Gasteiger partial charge in [-0.25, -0.2) is 9.50 Å². The Morgan fingerprint density at radius 2 is 1.85 bits per heavy atom. The zero-order chi connectivity index (χ0) is 27.8. The maximum atomic E-state index is 14.1. The second kappa shape index (κ2) is 9.85. The first-order valence-corrected chi connectivity index (χ1v) is 12.4. The summed E-state index contributed by atoms with van der Waals surface area (Å²) in [5.41, 5.74) is 8.60. The highest BCUT2D eigenvalue weighted by molar-refractivity contribution is 6.05. The number of aryl methyl sites for hydroxylation is 1. The molecule has 196 valence electrons. The Kier molecular flexibility index (Phi) is 6.05. The Balaban J connectivity index is 1.48. The normalized spacial score (nSPS) is 11.8. The lowest BCUT2D eigenvalue weighted by molar-refractivity contribution is 0.0940. The van der Waals surface area contributed by atoms with E-state index in [4.69, 9.17) is 10.7 Å². The Labute approximate surface area is 227 Å². The number of carbonyl (C=O) groups excluding carboxylic acids is 1. The second-order valence-electron chi connectivity index (χ2n) is 9.13. The van der Waals surface area contributed by atoms with Crippen LogP contribution in [0.2, 0.25) is 0 Å². The monoisotopic (exact) mass is 529 g/mol. The number of fused-ring (bicyclic) bond motifs is 2. The van der Waals surface area contributed by atoms with E-state index < -0.39 is 11.9 Å². The van der Waals surface area contributed by atoms with Gasteiger partial charge in [0.1, 0.15) is 17.1 Å². The van der Waals surface area contributed by atoms with Gasteiger partial charge in [-0.3, -0.25) is 23.8 Å². The second-order valence-corrected chi connectivity index (χ2v) is 9.13. The van der Waals surface area contributed by atoms with Crippen molar-refractivity contribution in [3.05, 3.63) is 112 Å². The molecule has 2 aromatic carbocycles. The SMILES string of the molecule is C[C@H](NC(=O)c1c(N)nn2ccncc12)c1nc2cccc(C#Cc3ccn(C)n3)c2c(=O)n1-c1ccccc1. The molecule has 1 atom stereocenters. The van der Waals surface area contributed by atoms with Gasteiger partial charge < -0.3 is 11.1 Å². The standard InChI is InChI=1S/C29H23N9O2/c1-18(32-28(39)25-23-17-31-14-16-37(23)35-26(25)30)27-33-22-10-6-7-19(11-12-20-13-15-36(2)34-20)24(22)29(40)38(27)21-8-4-3-5-9-21/h3-10,13-18H,1-2H3,(H2,30,35)(H,32,39)/t18-/m0/s1. The van der Waals surface area contributed by atoms with E-state index in [1.165, 1.54) is 15.3 Å². The summed E-state index contributed by atoms with van der Waals surface area (Å²) in [5.74, 6) is 6.06. The Morgan fingerprint density at radius 1 is 1.02 bits per heavy atom. The molecular weight excluding hydrogens is 506 g/mol. The van der Waals surface area contributed by atoms with Gasteiger partial charge in [0.05, 0.1) is 34.3 Å². The third-order valence-electron chi connectivity index (χ3n) is 6.40. The average Bonchev–Trinajstić information content (AvgIpc) is 3.53. The quantitative estimate of drug-likeness (QED) is 0.335. The number of amides is 1. The first-order chi connectivity index (χ1) is 19.4. The molecule has 3 N–H and O–H groups in total. The Bertz CT molecular complexity index is 2030. The zero-order valence-corrected chi connectivity index (χ0v) is 21.6. The molecule has 11 heteroatoms. The number of nitrogens with one attached hydrogen (secondary N) is 1. The maximum absolute atomic E-state index is 14.1. The van der Waals surface area contributed by atoms with Crippen LogP contribution in [0, 0.1) is 11.8 Å². The largest absolute Gasteiger partial charge is 0.382 e. The summed E-state index contributed by atoms with van der Waals surface area (Å²) >= 11 is 0. The molecule has 6 aromatic rings. The van der Waals surface area contributed by atoms with Crippen molar-refractivity contribution in [3.8, 4) is 17.5 Å². The highest BCUT2D eigenvalue weighted by Crippen LogP contribution is 2.22. The lowest BCUT2D eigenvalue weighted by Gasteiger charge is -2.20. The van der Waals surface area contributed by atoms with Crippen LogP contribution >= 0.6 is 0 Å². The number of carbonyl (C=O) groups is 1. The van der Waals surface area contributed by atoms with E-state index >= 15 is 0 Å². The number of hydrogen-bond donors (Lipinski definition) is 2. The van der Waals surface area contributed by atoms with E-state index in [1.54, 1.807) is 54.5 Å². The van der Waals surface area contributed by atoms with Crippen molar-refractivity contribution in [2.75, 3.05) is 5.73 Å². The van der Waals surface area contributed by atoms with Gasteiger partial charge in [-0.1, -0.05) is 30.2 Å². The molecule has 1 amide bonds. The Hall–Kier alpha value is -5.76. The third kappa shape index (κ3) is 4.33. The van der Waals surface area contributed by atoms with Crippen molar-refractivity contribution in [2.45, 2.75) is 13.0 Å². The third-order valence-corrected chi connectivity index (χ3v) is 6.40. The van der Waals surface area contributed by atoms with E-state index in [9.17, 15) is 9.59 Å². The van der Waals surface area contributed by atoms with Gasteiger partial charge in [-0.2, -0.15) is 5.10 Å². The van der Waals surface area contributed by atoms with E-state index in [0.717, 1.165) is 0 Å². The molecule has 4 aromatic heterocycles. The minimum Gasteiger partial charge on any atom is -0.382 e. The number of nitrogens with two attached hydrogens (primary N) is 1. The lowest BCUT2D eigenvalue weighted by Crippen LogP contribution is -2.33. The predicted molar refractivity (Wildman–Crippen MR) is 150 cm³/mol. The van der Waals surface area contributed by atoms with Crippen LogP contribution in [0.5, 0.6) is 0 Å². The summed E-state index contributed by atoms with van der Waals surface area (Å²) < 4.78 is 4.65. The van der Waals surface area contributed by atoms with E-state index in [-0.39, 0.29) is 16.9 Å². The molecule has 0 unspecified atom stereocenters. The van der Waals surface area contributed by atoms with Crippen molar-refractivity contribution in [3.63, 3.8) is 0 Å². The van der Waals surface area contributed by atoms with Gasteiger partial charge in [-0.15, -0.1) is 5.10 Å². The summed E-state index contributed by atoms with van der Waals surface area (Å²) in [6.45, 7) is 1.76. The van der Waals surface area contributed by atoms with E-state index in [0.29, 0.717) is 39.2 Å². The summed E-state index contributed by atoms with van der Waals surface area (Å²) in [7, 11) is 1.81. The maximum Gasteiger partial charge on any atom is 0.267 e. The molecule has 40 heavy (non-hydrogen) atoms. The Morgan fingerprint density at radius 3 is 2.62 bits per heavy atom. The van der Waals surface area contributed by atoms with Crippen molar-refractivity contribution < 1.29 is 4.79 Å². The fraction of sp³-hybridized carbons (Fsp3) is 0.103. The van der Waals surface area contributed by atoms with E-state index in [1.807, 2.05) is 37.4 Å². The van der Waals surface area contributed by atoms with E-state index in [2.05, 4.69) is 32.3 Å². The topological polar surface area (TPSA) is 138 Å². The highest BCUT2D eigenvalue weighted by Gasteiger charge is 2.24. The molecule has 0 saturated carbocycles. The number of anilines is 1. The van der Waals surface area contributed by atoms with Crippen LogP contribution in [-0.2, 0) is 7.05 Å². The predicted octanol–water partition coefficient (Wildman–Crippen LogP) is 2.63. The molecule has 0 bridgehead atoms. The number of hydrogen-bond acceptors (Lipinski definition) is 7. The fourth-order valence-electron chi connectivity index (χ4n) is 4.57. The number of para-hydroxylation sites is 1.